The summed E-state index contributed by atoms with van der Waals surface area (Å²) >= 11 is 0. The molecule has 1 aromatic carbocycles. The molecule has 0 bridgehead atoms. The SMILES string of the molecule is CCOC(=O)c1cc2c(n1C)CC(c1ncc(F)c(Nc3ccc(-c4cn[nH]c4)cc3)n1)CC2. The zero-order chi connectivity index (χ0) is 23.7. The lowest BCUT2D eigenvalue weighted by atomic mass is 9.87. The second-order valence-corrected chi connectivity index (χ2v) is 8.33. The molecule has 1 aliphatic carbocycles. The average Bonchev–Trinajstić information content (AvgIpc) is 3.50. The molecule has 0 aliphatic heterocycles. The predicted molar refractivity (Wildman–Crippen MR) is 125 cm³/mol. The smallest absolute Gasteiger partial charge is 0.354 e. The number of hydrogen-bond donors (Lipinski definition) is 2. The molecule has 1 aliphatic rings. The molecular weight excluding hydrogens is 435 g/mol. The fourth-order valence-electron chi connectivity index (χ4n) is 4.43. The van der Waals surface area contributed by atoms with Gasteiger partial charge in [-0.1, -0.05) is 12.1 Å². The number of nitrogens with one attached hydrogen (secondary N) is 2. The van der Waals surface area contributed by atoms with Crippen LogP contribution >= 0.6 is 0 Å². The van der Waals surface area contributed by atoms with Gasteiger partial charge in [0.15, 0.2) is 11.6 Å². The summed E-state index contributed by atoms with van der Waals surface area (Å²) < 4.78 is 21.6. The van der Waals surface area contributed by atoms with Crippen molar-refractivity contribution in [2.45, 2.75) is 32.1 Å². The van der Waals surface area contributed by atoms with Crippen LogP contribution in [0.15, 0.2) is 48.9 Å². The van der Waals surface area contributed by atoms with Gasteiger partial charge in [-0.15, -0.1) is 0 Å². The van der Waals surface area contributed by atoms with E-state index in [1.54, 1.807) is 13.1 Å². The third-order valence-electron chi connectivity index (χ3n) is 6.24. The van der Waals surface area contributed by atoms with Gasteiger partial charge >= 0.3 is 5.97 Å². The largest absolute Gasteiger partial charge is 0.461 e. The molecule has 3 heterocycles. The maximum atomic E-state index is 14.5. The van der Waals surface area contributed by atoms with Crippen molar-refractivity contribution in [3.63, 3.8) is 0 Å². The number of aromatic amines is 1. The van der Waals surface area contributed by atoms with Gasteiger partial charge in [-0.05, 0) is 55.5 Å². The highest BCUT2D eigenvalue weighted by Gasteiger charge is 2.28. The van der Waals surface area contributed by atoms with Crippen LogP contribution in [0.4, 0.5) is 15.9 Å². The summed E-state index contributed by atoms with van der Waals surface area (Å²) in [7, 11) is 1.87. The monoisotopic (exact) mass is 460 g/mol. The molecular formula is C25H25FN6O2. The minimum absolute atomic E-state index is 0.0285. The van der Waals surface area contributed by atoms with Crippen LogP contribution < -0.4 is 5.32 Å². The molecule has 174 valence electrons. The molecule has 3 aromatic heterocycles. The number of ether oxygens (including phenoxy) is 1. The van der Waals surface area contributed by atoms with Gasteiger partial charge in [0.1, 0.15) is 11.5 Å². The molecule has 0 fully saturated rings. The lowest BCUT2D eigenvalue weighted by Crippen LogP contribution is -2.18. The molecule has 34 heavy (non-hydrogen) atoms. The third kappa shape index (κ3) is 4.16. The Morgan fingerprint density at radius 2 is 2.09 bits per heavy atom. The number of carbonyl (C=O) groups excluding carboxylic acids is 1. The highest BCUT2D eigenvalue weighted by atomic mass is 19.1. The van der Waals surface area contributed by atoms with Crippen molar-refractivity contribution in [3.8, 4) is 11.1 Å². The molecule has 1 atom stereocenters. The molecule has 4 aromatic rings. The van der Waals surface area contributed by atoms with Gasteiger partial charge < -0.3 is 14.6 Å². The van der Waals surface area contributed by atoms with Crippen molar-refractivity contribution in [2.24, 2.45) is 7.05 Å². The standard InChI is InChI=1S/C25H25FN6O2/c1-3-34-25(33)22-10-16-4-5-17(11-21(16)32(22)2)23-27-14-20(26)24(31-23)30-19-8-6-15(7-9-19)18-12-28-29-13-18/h6-10,12-14,17H,3-5,11H2,1-2H3,(H,28,29)(H,27,30,31). The Hall–Kier alpha value is -4.01. The molecule has 8 nitrogen and oxygen atoms in total. The summed E-state index contributed by atoms with van der Waals surface area (Å²) in [5, 5.41) is 9.83. The molecule has 1 unspecified atom stereocenters. The van der Waals surface area contributed by atoms with Crippen molar-refractivity contribution in [1.29, 1.82) is 0 Å². The number of benzene rings is 1. The molecule has 0 amide bonds. The van der Waals surface area contributed by atoms with E-state index in [2.05, 4.69) is 25.5 Å². The maximum Gasteiger partial charge on any atom is 0.354 e. The summed E-state index contributed by atoms with van der Waals surface area (Å²) in [6.45, 7) is 2.13. The van der Waals surface area contributed by atoms with Crippen LogP contribution in [0.3, 0.4) is 0 Å². The van der Waals surface area contributed by atoms with E-state index in [4.69, 9.17) is 4.74 Å². The van der Waals surface area contributed by atoms with E-state index in [1.165, 1.54) is 6.20 Å². The Balaban J connectivity index is 1.35. The average molecular weight is 461 g/mol. The van der Waals surface area contributed by atoms with Gasteiger partial charge in [0.25, 0.3) is 0 Å². The van der Waals surface area contributed by atoms with E-state index in [1.807, 2.05) is 48.1 Å². The summed E-state index contributed by atoms with van der Waals surface area (Å²) in [5.41, 5.74) is 5.46. The normalized spacial score (nSPS) is 15.1. The zero-order valence-electron chi connectivity index (χ0n) is 19.0. The van der Waals surface area contributed by atoms with Gasteiger partial charge in [0.05, 0.1) is 19.0 Å². The Morgan fingerprint density at radius 1 is 1.26 bits per heavy atom. The Bertz CT molecular complexity index is 1310. The van der Waals surface area contributed by atoms with E-state index in [9.17, 15) is 9.18 Å². The highest BCUT2D eigenvalue weighted by Crippen LogP contribution is 2.34. The number of rotatable bonds is 6. The first kappa shape index (κ1) is 21.8. The molecule has 0 radical (unpaired) electrons. The first-order valence-corrected chi connectivity index (χ1v) is 11.3. The quantitative estimate of drug-likeness (QED) is 0.410. The van der Waals surface area contributed by atoms with Crippen molar-refractivity contribution < 1.29 is 13.9 Å². The van der Waals surface area contributed by atoms with Crippen LogP contribution in [0.1, 0.15) is 46.8 Å². The number of hydrogen-bond acceptors (Lipinski definition) is 6. The number of aromatic nitrogens is 5. The highest BCUT2D eigenvalue weighted by molar-refractivity contribution is 5.88. The van der Waals surface area contributed by atoms with Crippen LogP contribution in [-0.4, -0.2) is 37.3 Å². The second kappa shape index (κ2) is 9.09. The minimum Gasteiger partial charge on any atom is -0.461 e. The molecule has 0 saturated carbocycles. The third-order valence-corrected chi connectivity index (χ3v) is 6.24. The fraction of sp³-hybridized carbons (Fsp3) is 0.280. The van der Waals surface area contributed by atoms with Crippen LogP contribution in [0.2, 0.25) is 0 Å². The first-order chi connectivity index (χ1) is 16.5. The van der Waals surface area contributed by atoms with E-state index >= 15 is 0 Å². The summed E-state index contributed by atoms with van der Waals surface area (Å²) in [5.74, 6) is -0.0722. The summed E-state index contributed by atoms with van der Waals surface area (Å²) in [4.78, 5) is 21.1. The lowest BCUT2D eigenvalue weighted by molar-refractivity contribution is 0.0515. The maximum absolute atomic E-state index is 14.5. The number of nitrogens with zero attached hydrogens (tertiary/aromatic N) is 4. The molecule has 9 heteroatoms. The van der Waals surface area contributed by atoms with Crippen LogP contribution in [0.25, 0.3) is 11.1 Å². The van der Waals surface area contributed by atoms with Gasteiger partial charge in [-0.2, -0.15) is 5.10 Å². The number of halogens is 1. The van der Waals surface area contributed by atoms with Gasteiger partial charge in [0, 0.05) is 36.1 Å². The Morgan fingerprint density at radius 3 is 2.82 bits per heavy atom. The summed E-state index contributed by atoms with van der Waals surface area (Å²) in [6.07, 6.45) is 7.08. The number of esters is 1. The van der Waals surface area contributed by atoms with Gasteiger partial charge in [-0.25, -0.2) is 19.2 Å². The molecule has 5 rings (SSSR count). The number of aryl methyl sites for hydroxylation is 1. The van der Waals surface area contributed by atoms with Crippen molar-refractivity contribution in [1.82, 2.24) is 24.7 Å². The molecule has 2 N–H and O–H groups in total. The molecule has 0 spiro atoms. The van der Waals surface area contributed by atoms with Gasteiger partial charge in [0.2, 0.25) is 0 Å². The molecule has 0 saturated heterocycles. The van der Waals surface area contributed by atoms with E-state index in [-0.39, 0.29) is 17.7 Å². The van der Waals surface area contributed by atoms with E-state index in [0.717, 1.165) is 40.9 Å². The van der Waals surface area contributed by atoms with Crippen LogP contribution in [0, 0.1) is 5.82 Å². The zero-order valence-corrected chi connectivity index (χ0v) is 19.0. The number of fused-ring (bicyclic) bond motifs is 1. The Kier molecular flexibility index (Phi) is 5.83. The number of H-pyrrole nitrogens is 1. The van der Waals surface area contributed by atoms with E-state index < -0.39 is 5.82 Å². The van der Waals surface area contributed by atoms with Crippen LogP contribution in [-0.2, 0) is 24.6 Å². The second-order valence-electron chi connectivity index (χ2n) is 8.33. The number of anilines is 2. The predicted octanol–water partition coefficient (Wildman–Crippen LogP) is 4.54. The van der Waals surface area contributed by atoms with Crippen molar-refractivity contribution >= 4 is 17.5 Å². The number of carbonyl (C=O) groups is 1. The van der Waals surface area contributed by atoms with Gasteiger partial charge in [-0.3, -0.25) is 5.10 Å². The van der Waals surface area contributed by atoms with E-state index in [0.29, 0.717) is 24.5 Å². The lowest BCUT2D eigenvalue weighted by Gasteiger charge is -2.23. The van der Waals surface area contributed by atoms with Crippen molar-refractivity contribution in [2.75, 3.05) is 11.9 Å². The Labute approximate surface area is 196 Å². The summed E-state index contributed by atoms with van der Waals surface area (Å²) in [6, 6.07) is 9.53. The fourth-order valence-corrected chi connectivity index (χ4v) is 4.43. The van der Waals surface area contributed by atoms with Crippen LogP contribution in [0.5, 0.6) is 0 Å². The first-order valence-electron chi connectivity index (χ1n) is 11.3. The minimum atomic E-state index is -0.511. The van der Waals surface area contributed by atoms with Crippen molar-refractivity contribution in [3.05, 3.63) is 77.5 Å². The topological polar surface area (TPSA) is 97.7 Å².